The fourth-order valence-electron chi connectivity index (χ4n) is 3.97. The van der Waals surface area contributed by atoms with E-state index in [1.165, 1.54) is 0 Å². The molecular formula is C18H27N3O3. The van der Waals surface area contributed by atoms with Crippen LogP contribution in [0.4, 0.5) is 5.69 Å². The van der Waals surface area contributed by atoms with E-state index in [-0.39, 0.29) is 5.41 Å². The summed E-state index contributed by atoms with van der Waals surface area (Å²) in [6, 6.07) is 6.08. The Morgan fingerprint density at radius 1 is 1.25 bits per heavy atom. The van der Waals surface area contributed by atoms with Crippen LogP contribution in [0.3, 0.4) is 0 Å². The molecule has 6 heteroatoms. The van der Waals surface area contributed by atoms with Gasteiger partial charge in [0, 0.05) is 42.8 Å². The van der Waals surface area contributed by atoms with E-state index in [1.807, 2.05) is 18.2 Å². The Kier molecular flexibility index (Phi) is 4.58. The molecule has 1 aromatic carbocycles. The summed E-state index contributed by atoms with van der Waals surface area (Å²) in [5.74, 6) is 2.71. The first kappa shape index (κ1) is 16.9. The molecule has 2 aliphatic rings. The highest BCUT2D eigenvalue weighted by atomic mass is 16.5. The van der Waals surface area contributed by atoms with Gasteiger partial charge < -0.3 is 24.8 Å². The number of aliphatic imine (C=N–C) groups is 1. The van der Waals surface area contributed by atoms with Gasteiger partial charge in [-0.3, -0.25) is 4.99 Å². The quantitative estimate of drug-likeness (QED) is 0.655. The molecule has 2 fully saturated rings. The minimum Gasteiger partial charge on any atom is -0.493 e. The summed E-state index contributed by atoms with van der Waals surface area (Å²) in [7, 11) is 5.04. The van der Waals surface area contributed by atoms with Gasteiger partial charge in [-0.2, -0.15) is 0 Å². The smallest absolute Gasteiger partial charge is 0.195 e. The number of ether oxygens (including phenoxy) is 3. The van der Waals surface area contributed by atoms with Crippen LogP contribution in [0.15, 0.2) is 23.2 Å². The van der Waals surface area contributed by atoms with Crippen LogP contribution in [0.1, 0.15) is 20.3 Å². The Bertz CT molecular complexity index is 630. The van der Waals surface area contributed by atoms with Crippen LogP contribution < -0.4 is 20.1 Å². The van der Waals surface area contributed by atoms with E-state index in [9.17, 15) is 0 Å². The molecule has 0 aromatic heterocycles. The number of nitrogens with zero attached hydrogens (tertiary/aromatic N) is 1. The monoisotopic (exact) mass is 333 g/mol. The van der Waals surface area contributed by atoms with Crippen molar-refractivity contribution in [2.24, 2.45) is 16.3 Å². The van der Waals surface area contributed by atoms with Gasteiger partial charge in [0.05, 0.1) is 20.3 Å². The number of hydrogen-bond donors (Lipinski definition) is 2. The first-order valence-corrected chi connectivity index (χ1v) is 8.35. The second-order valence-corrected chi connectivity index (χ2v) is 6.95. The topological polar surface area (TPSA) is 64.1 Å². The summed E-state index contributed by atoms with van der Waals surface area (Å²) in [5.41, 5.74) is 1.01. The summed E-state index contributed by atoms with van der Waals surface area (Å²) in [4.78, 5) is 4.36. The maximum Gasteiger partial charge on any atom is 0.195 e. The van der Waals surface area contributed by atoms with Crippen molar-refractivity contribution in [3.63, 3.8) is 0 Å². The molecule has 1 aliphatic heterocycles. The molecule has 6 nitrogen and oxygen atoms in total. The normalized spacial score (nSPS) is 27.9. The molecule has 132 valence electrons. The highest BCUT2D eigenvalue weighted by molar-refractivity contribution is 5.94. The van der Waals surface area contributed by atoms with Crippen LogP contribution in [0, 0.1) is 11.3 Å². The third-order valence-electron chi connectivity index (χ3n) is 5.26. The van der Waals surface area contributed by atoms with Crippen molar-refractivity contribution in [3.05, 3.63) is 18.2 Å². The number of rotatable bonds is 4. The molecule has 0 amide bonds. The summed E-state index contributed by atoms with van der Waals surface area (Å²) < 4.78 is 16.5. The molecule has 1 saturated heterocycles. The Morgan fingerprint density at radius 2 is 2.00 bits per heavy atom. The van der Waals surface area contributed by atoms with Crippen molar-refractivity contribution >= 4 is 11.6 Å². The van der Waals surface area contributed by atoms with Crippen LogP contribution in [-0.4, -0.2) is 46.0 Å². The van der Waals surface area contributed by atoms with Crippen molar-refractivity contribution in [2.75, 3.05) is 33.2 Å². The van der Waals surface area contributed by atoms with Crippen LogP contribution in [0.25, 0.3) is 0 Å². The predicted molar refractivity (Wildman–Crippen MR) is 95.1 cm³/mol. The number of fused-ring (bicyclic) bond motifs is 1. The molecule has 0 bridgehead atoms. The lowest BCUT2D eigenvalue weighted by Crippen LogP contribution is -2.67. The second kappa shape index (κ2) is 6.51. The maximum absolute atomic E-state index is 5.86. The lowest BCUT2D eigenvalue weighted by atomic mass is 9.57. The number of methoxy groups -OCH3 is 2. The first-order valence-electron chi connectivity index (χ1n) is 8.35. The fraction of sp³-hybridized carbons (Fsp3) is 0.611. The molecule has 1 heterocycles. The summed E-state index contributed by atoms with van der Waals surface area (Å²) in [6.45, 7) is 5.36. The van der Waals surface area contributed by atoms with Crippen molar-refractivity contribution in [2.45, 2.75) is 32.4 Å². The van der Waals surface area contributed by atoms with Crippen LogP contribution >= 0.6 is 0 Å². The first-order chi connectivity index (χ1) is 11.5. The van der Waals surface area contributed by atoms with Crippen LogP contribution in [0.2, 0.25) is 0 Å². The molecule has 3 rings (SSSR count). The van der Waals surface area contributed by atoms with Gasteiger partial charge in [0.15, 0.2) is 17.5 Å². The Balaban J connectivity index is 1.70. The molecule has 1 aliphatic carbocycles. The summed E-state index contributed by atoms with van der Waals surface area (Å²) in [5, 5.41) is 6.90. The zero-order valence-corrected chi connectivity index (χ0v) is 15.1. The average Bonchev–Trinajstić information content (AvgIpc) is 3.05. The summed E-state index contributed by atoms with van der Waals surface area (Å²) in [6.07, 6.45) is 1.47. The minimum absolute atomic E-state index is 0.108. The standard InChI is InChI=1S/C18H27N3O3/c1-18(2)15(12-8-9-24-16(12)18)21-17(19-3)20-11-6-7-13(22-4)14(10-11)23-5/h6-7,10,12,15-16H,8-9H2,1-5H3,(H2,19,20,21). The van der Waals surface area contributed by atoms with E-state index >= 15 is 0 Å². The van der Waals surface area contributed by atoms with Crippen LogP contribution in [0.5, 0.6) is 11.5 Å². The van der Waals surface area contributed by atoms with Gasteiger partial charge >= 0.3 is 0 Å². The average molecular weight is 333 g/mol. The van der Waals surface area contributed by atoms with Crippen LogP contribution in [-0.2, 0) is 4.74 Å². The van der Waals surface area contributed by atoms with Crippen molar-refractivity contribution in [1.29, 1.82) is 0 Å². The number of anilines is 1. The lowest BCUT2D eigenvalue weighted by molar-refractivity contribution is -0.106. The van der Waals surface area contributed by atoms with Gasteiger partial charge in [0.25, 0.3) is 0 Å². The molecule has 3 unspecified atom stereocenters. The zero-order valence-electron chi connectivity index (χ0n) is 15.1. The number of benzene rings is 1. The third-order valence-corrected chi connectivity index (χ3v) is 5.26. The van der Waals surface area contributed by atoms with E-state index in [2.05, 4.69) is 29.5 Å². The lowest BCUT2D eigenvalue weighted by Gasteiger charge is -2.54. The molecule has 1 saturated carbocycles. The molecular weight excluding hydrogens is 306 g/mol. The van der Waals surface area contributed by atoms with Gasteiger partial charge in [0.2, 0.25) is 0 Å². The summed E-state index contributed by atoms with van der Waals surface area (Å²) >= 11 is 0. The molecule has 0 spiro atoms. The van der Waals surface area contributed by atoms with Gasteiger partial charge in [-0.1, -0.05) is 13.8 Å². The van der Waals surface area contributed by atoms with E-state index in [0.717, 1.165) is 24.7 Å². The van der Waals surface area contributed by atoms with Crippen molar-refractivity contribution in [1.82, 2.24) is 5.32 Å². The molecule has 1 aromatic rings. The van der Waals surface area contributed by atoms with Gasteiger partial charge in [0.1, 0.15) is 0 Å². The van der Waals surface area contributed by atoms with Gasteiger partial charge in [-0.15, -0.1) is 0 Å². The number of hydrogen-bond acceptors (Lipinski definition) is 4. The fourth-order valence-corrected chi connectivity index (χ4v) is 3.97. The Morgan fingerprint density at radius 3 is 2.67 bits per heavy atom. The maximum atomic E-state index is 5.86. The largest absolute Gasteiger partial charge is 0.493 e. The SMILES string of the molecule is CN=C(Nc1ccc(OC)c(OC)c1)NC1C2CCOC2C1(C)C. The number of guanidine groups is 1. The highest BCUT2D eigenvalue weighted by Crippen LogP contribution is 2.52. The van der Waals surface area contributed by atoms with E-state index < -0.39 is 0 Å². The van der Waals surface area contributed by atoms with E-state index in [4.69, 9.17) is 14.2 Å². The Hall–Kier alpha value is -1.95. The molecule has 24 heavy (non-hydrogen) atoms. The van der Waals surface area contributed by atoms with E-state index in [0.29, 0.717) is 29.6 Å². The predicted octanol–water partition coefficient (Wildman–Crippen LogP) is 2.50. The molecule has 3 atom stereocenters. The van der Waals surface area contributed by atoms with E-state index in [1.54, 1.807) is 21.3 Å². The van der Waals surface area contributed by atoms with Gasteiger partial charge in [-0.25, -0.2) is 0 Å². The van der Waals surface area contributed by atoms with Crippen molar-refractivity contribution < 1.29 is 14.2 Å². The zero-order chi connectivity index (χ0) is 17.3. The van der Waals surface area contributed by atoms with Gasteiger partial charge in [-0.05, 0) is 18.6 Å². The number of nitrogens with one attached hydrogen (secondary N) is 2. The second-order valence-electron chi connectivity index (χ2n) is 6.95. The third kappa shape index (κ3) is 2.79. The highest BCUT2D eigenvalue weighted by Gasteiger charge is 2.59. The Labute approximate surface area is 143 Å². The minimum atomic E-state index is 0.108. The van der Waals surface area contributed by atoms with Crippen molar-refractivity contribution in [3.8, 4) is 11.5 Å². The molecule has 0 radical (unpaired) electrons. The molecule has 2 N–H and O–H groups in total.